The van der Waals surface area contributed by atoms with Crippen molar-refractivity contribution in [2.75, 3.05) is 0 Å². The molecule has 0 aliphatic heterocycles. The Kier molecular flexibility index (Phi) is 2.73. The Morgan fingerprint density at radius 1 is 1.47 bits per heavy atom. The first-order chi connectivity index (χ1) is 7.18. The highest BCUT2D eigenvalue weighted by atomic mass is 16.6. The Balaban J connectivity index is 2.22. The van der Waals surface area contributed by atoms with Crippen molar-refractivity contribution >= 4 is 5.97 Å². The monoisotopic (exact) mass is 206 g/mol. The number of ether oxygens (including phenoxy) is 1. The fraction of sp³-hybridized carbons (Fsp3) is 0.417. The van der Waals surface area contributed by atoms with Crippen LogP contribution in [0.5, 0.6) is 0 Å². The van der Waals surface area contributed by atoms with Crippen LogP contribution in [0.4, 0.5) is 0 Å². The first-order valence-corrected chi connectivity index (χ1v) is 5.11. The number of esters is 1. The average Bonchev–Trinajstić information content (AvgIpc) is 2.22. The van der Waals surface area contributed by atoms with E-state index in [0.29, 0.717) is 6.42 Å². The Labute approximate surface area is 88.7 Å². The molecule has 0 aromatic heterocycles. The van der Waals surface area contributed by atoms with Crippen molar-refractivity contribution in [3.05, 3.63) is 35.4 Å². The van der Waals surface area contributed by atoms with Crippen molar-refractivity contribution in [2.24, 2.45) is 0 Å². The molecule has 80 valence electrons. The number of aryl methyl sites for hydroxylation is 1. The highest BCUT2D eigenvalue weighted by Gasteiger charge is 2.29. The van der Waals surface area contributed by atoms with Gasteiger partial charge in [0.15, 0.2) is 0 Å². The zero-order chi connectivity index (χ0) is 10.8. The third-order valence-corrected chi connectivity index (χ3v) is 2.74. The zero-order valence-electron chi connectivity index (χ0n) is 8.64. The second-order valence-electron chi connectivity index (χ2n) is 3.83. The Hall–Kier alpha value is -1.35. The number of aliphatic hydroxyl groups is 1. The summed E-state index contributed by atoms with van der Waals surface area (Å²) >= 11 is 0. The molecule has 1 aromatic rings. The van der Waals surface area contributed by atoms with E-state index in [9.17, 15) is 9.90 Å². The molecule has 0 amide bonds. The second-order valence-corrected chi connectivity index (χ2v) is 3.83. The van der Waals surface area contributed by atoms with E-state index in [1.807, 2.05) is 24.3 Å². The number of carbonyl (C=O) groups is 1. The molecule has 2 unspecified atom stereocenters. The summed E-state index contributed by atoms with van der Waals surface area (Å²) < 4.78 is 5.07. The predicted octanol–water partition coefficient (Wildman–Crippen LogP) is 1.60. The van der Waals surface area contributed by atoms with E-state index in [4.69, 9.17) is 4.74 Å². The molecule has 2 atom stereocenters. The number of aliphatic hydroxyl groups excluding tert-OH is 1. The summed E-state index contributed by atoms with van der Waals surface area (Å²) in [6, 6.07) is 7.73. The van der Waals surface area contributed by atoms with E-state index < -0.39 is 12.2 Å². The van der Waals surface area contributed by atoms with Gasteiger partial charge in [-0.2, -0.15) is 0 Å². The summed E-state index contributed by atoms with van der Waals surface area (Å²) in [5.41, 5.74) is 2.03. The van der Waals surface area contributed by atoms with Crippen LogP contribution in [0.1, 0.15) is 30.6 Å². The lowest BCUT2D eigenvalue weighted by atomic mass is 9.87. The van der Waals surface area contributed by atoms with E-state index in [-0.39, 0.29) is 5.97 Å². The lowest BCUT2D eigenvalue weighted by Crippen LogP contribution is -2.29. The molecular weight excluding hydrogens is 192 g/mol. The predicted molar refractivity (Wildman–Crippen MR) is 55.3 cm³/mol. The van der Waals surface area contributed by atoms with Gasteiger partial charge >= 0.3 is 5.97 Å². The maximum absolute atomic E-state index is 10.8. The summed E-state index contributed by atoms with van der Waals surface area (Å²) in [7, 11) is 0. The summed E-state index contributed by atoms with van der Waals surface area (Å²) in [5.74, 6) is -0.335. The minimum Gasteiger partial charge on any atom is -0.459 e. The fourth-order valence-corrected chi connectivity index (χ4v) is 2.04. The van der Waals surface area contributed by atoms with E-state index in [1.54, 1.807) is 0 Å². The van der Waals surface area contributed by atoms with Gasteiger partial charge < -0.3 is 9.84 Å². The minimum atomic E-state index is -0.682. The molecule has 0 heterocycles. The van der Waals surface area contributed by atoms with Gasteiger partial charge in [0.05, 0.1) is 0 Å². The van der Waals surface area contributed by atoms with Gasteiger partial charge in [0.2, 0.25) is 0 Å². The van der Waals surface area contributed by atoms with Gasteiger partial charge in [-0.1, -0.05) is 24.3 Å². The van der Waals surface area contributed by atoms with Gasteiger partial charge in [-0.3, -0.25) is 4.79 Å². The van der Waals surface area contributed by atoms with Gasteiger partial charge in [0.25, 0.3) is 0 Å². The van der Waals surface area contributed by atoms with Crippen LogP contribution in [0.15, 0.2) is 24.3 Å². The number of hydrogen-bond acceptors (Lipinski definition) is 3. The zero-order valence-corrected chi connectivity index (χ0v) is 8.64. The highest BCUT2D eigenvalue weighted by Crippen LogP contribution is 2.31. The van der Waals surface area contributed by atoms with Gasteiger partial charge in [0, 0.05) is 6.92 Å². The Morgan fingerprint density at radius 3 is 2.93 bits per heavy atom. The molecule has 2 rings (SSSR count). The number of hydrogen-bond donors (Lipinski definition) is 1. The Bertz CT molecular complexity index is 373. The molecule has 0 spiro atoms. The third-order valence-electron chi connectivity index (χ3n) is 2.74. The van der Waals surface area contributed by atoms with Crippen LogP contribution in [0.2, 0.25) is 0 Å². The van der Waals surface area contributed by atoms with Crippen molar-refractivity contribution < 1.29 is 14.6 Å². The summed E-state index contributed by atoms with van der Waals surface area (Å²) in [5, 5.41) is 9.99. The molecule has 1 N–H and O–H groups in total. The number of carbonyl (C=O) groups excluding carboxylic acids is 1. The summed E-state index contributed by atoms with van der Waals surface area (Å²) in [4.78, 5) is 10.8. The van der Waals surface area contributed by atoms with Crippen LogP contribution in [0, 0.1) is 0 Å². The molecule has 0 fully saturated rings. The number of rotatable bonds is 1. The van der Waals surface area contributed by atoms with E-state index in [1.165, 1.54) is 6.92 Å². The molecule has 0 saturated heterocycles. The van der Waals surface area contributed by atoms with Crippen molar-refractivity contribution in [3.8, 4) is 0 Å². The molecule has 0 bridgehead atoms. The second kappa shape index (κ2) is 4.03. The number of benzene rings is 1. The largest absolute Gasteiger partial charge is 0.459 e. The summed E-state index contributed by atoms with van der Waals surface area (Å²) in [6.07, 6.45) is 0.472. The first kappa shape index (κ1) is 10.2. The van der Waals surface area contributed by atoms with Gasteiger partial charge in [-0.25, -0.2) is 0 Å². The van der Waals surface area contributed by atoms with Crippen LogP contribution in [-0.4, -0.2) is 17.2 Å². The molecule has 1 aliphatic carbocycles. The third kappa shape index (κ3) is 2.02. The van der Waals surface area contributed by atoms with Crippen LogP contribution in [0.25, 0.3) is 0 Å². The van der Waals surface area contributed by atoms with Crippen LogP contribution in [-0.2, 0) is 16.0 Å². The fourth-order valence-electron chi connectivity index (χ4n) is 2.04. The normalized spacial score (nSPS) is 24.4. The van der Waals surface area contributed by atoms with Crippen molar-refractivity contribution in [2.45, 2.75) is 32.0 Å². The summed E-state index contributed by atoms with van der Waals surface area (Å²) in [6.45, 7) is 1.37. The van der Waals surface area contributed by atoms with Gasteiger partial charge in [-0.05, 0) is 24.0 Å². The topological polar surface area (TPSA) is 46.5 Å². The maximum Gasteiger partial charge on any atom is 0.303 e. The van der Waals surface area contributed by atoms with Crippen LogP contribution >= 0.6 is 0 Å². The van der Waals surface area contributed by atoms with Crippen molar-refractivity contribution in [1.82, 2.24) is 0 Å². The van der Waals surface area contributed by atoms with E-state index >= 15 is 0 Å². The molecule has 1 aromatic carbocycles. The molecule has 0 radical (unpaired) electrons. The highest BCUT2D eigenvalue weighted by molar-refractivity contribution is 5.66. The molecular formula is C12H14O3. The number of fused-ring (bicyclic) bond motifs is 1. The molecule has 3 nitrogen and oxygen atoms in total. The van der Waals surface area contributed by atoms with E-state index in [2.05, 4.69) is 0 Å². The SMILES string of the molecule is CC(=O)OC1CCc2ccccc2C1O. The van der Waals surface area contributed by atoms with Gasteiger partial charge in [0.1, 0.15) is 12.2 Å². The standard InChI is InChI=1S/C12H14O3/c1-8(13)15-11-7-6-9-4-2-3-5-10(9)12(11)14/h2-5,11-12,14H,6-7H2,1H3. The lowest BCUT2D eigenvalue weighted by Gasteiger charge is -2.29. The maximum atomic E-state index is 10.8. The van der Waals surface area contributed by atoms with Crippen LogP contribution in [0.3, 0.4) is 0 Å². The Morgan fingerprint density at radius 2 is 2.20 bits per heavy atom. The molecule has 3 heteroatoms. The van der Waals surface area contributed by atoms with Crippen molar-refractivity contribution in [3.63, 3.8) is 0 Å². The van der Waals surface area contributed by atoms with Crippen LogP contribution < -0.4 is 0 Å². The quantitative estimate of drug-likeness (QED) is 0.710. The molecule has 1 aliphatic rings. The lowest BCUT2D eigenvalue weighted by molar-refractivity contribution is -0.153. The first-order valence-electron chi connectivity index (χ1n) is 5.11. The minimum absolute atomic E-state index is 0.335. The van der Waals surface area contributed by atoms with E-state index in [0.717, 1.165) is 17.5 Å². The molecule has 0 saturated carbocycles. The van der Waals surface area contributed by atoms with Crippen molar-refractivity contribution in [1.29, 1.82) is 0 Å². The molecule has 15 heavy (non-hydrogen) atoms. The smallest absolute Gasteiger partial charge is 0.303 e. The van der Waals surface area contributed by atoms with Gasteiger partial charge in [-0.15, -0.1) is 0 Å². The average molecular weight is 206 g/mol.